The fourth-order valence-corrected chi connectivity index (χ4v) is 2.04. The van der Waals surface area contributed by atoms with Crippen molar-refractivity contribution in [2.75, 3.05) is 19.6 Å². The molecule has 15 heavy (non-hydrogen) atoms. The fourth-order valence-electron chi connectivity index (χ4n) is 2.04. The Morgan fingerprint density at radius 2 is 2.47 bits per heavy atom. The van der Waals surface area contributed by atoms with E-state index in [4.69, 9.17) is 5.73 Å². The maximum atomic E-state index is 9.47. The van der Waals surface area contributed by atoms with E-state index in [0.717, 1.165) is 25.2 Å². The molecule has 0 fully saturated rings. The monoisotopic (exact) mass is 210 g/mol. The molecule has 0 saturated heterocycles. The van der Waals surface area contributed by atoms with Crippen molar-refractivity contribution in [3.8, 4) is 0 Å². The summed E-state index contributed by atoms with van der Waals surface area (Å²) in [4.78, 5) is 6.55. The first-order valence-corrected chi connectivity index (χ1v) is 5.30. The van der Waals surface area contributed by atoms with Crippen LogP contribution in [0.1, 0.15) is 11.4 Å². The van der Waals surface area contributed by atoms with Crippen molar-refractivity contribution in [2.24, 2.45) is 12.8 Å². The van der Waals surface area contributed by atoms with Crippen molar-refractivity contribution < 1.29 is 5.11 Å². The molecule has 1 aromatic rings. The summed E-state index contributed by atoms with van der Waals surface area (Å²) in [5.74, 6) is 0. The summed E-state index contributed by atoms with van der Waals surface area (Å²) in [5.41, 5.74) is 7.84. The smallest absolute Gasteiger partial charge is 0.0949 e. The van der Waals surface area contributed by atoms with Gasteiger partial charge in [0.1, 0.15) is 0 Å². The van der Waals surface area contributed by atoms with Crippen molar-refractivity contribution in [1.82, 2.24) is 14.5 Å². The molecule has 1 aromatic heterocycles. The van der Waals surface area contributed by atoms with Crippen LogP contribution in [0.25, 0.3) is 0 Å². The van der Waals surface area contributed by atoms with E-state index < -0.39 is 6.10 Å². The normalized spacial score (nSPS) is 18.9. The van der Waals surface area contributed by atoms with Crippen LogP contribution >= 0.6 is 0 Å². The molecule has 0 radical (unpaired) electrons. The molecular formula is C10H18N4O. The van der Waals surface area contributed by atoms with Gasteiger partial charge in [-0.05, 0) is 0 Å². The van der Waals surface area contributed by atoms with Crippen molar-refractivity contribution in [3.05, 3.63) is 17.7 Å². The topological polar surface area (TPSA) is 67.3 Å². The lowest BCUT2D eigenvalue weighted by Gasteiger charge is -2.28. The number of nitrogens with two attached hydrogens (primary N) is 1. The standard InChI is InChI=1S/C10H18N4O/c1-13-7-12-9-6-14(3-2-10(9)13)5-8(15)4-11/h7-8,15H,2-6,11H2,1H3. The largest absolute Gasteiger partial charge is 0.390 e. The first-order chi connectivity index (χ1) is 7.20. The molecule has 0 spiro atoms. The van der Waals surface area contributed by atoms with Gasteiger partial charge in [-0.25, -0.2) is 4.98 Å². The maximum absolute atomic E-state index is 9.47. The molecule has 0 bridgehead atoms. The van der Waals surface area contributed by atoms with Crippen LogP contribution < -0.4 is 5.73 Å². The Morgan fingerprint density at radius 1 is 1.67 bits per heavy atom. The van der Waals surface area contributed by atoms with E-state index in [2.05, 4.69) is 14.5 Å². The van der Waals surface area contributed by atoms with Gasteiger partial charge >= 0.3 is 0 Å². The number of aliphatic hydroxyl groups is 1. The third-order valence-corrected chi connectivity index (χ3v) is 2.92. The second kappa shape index (κ2) is 4.30. The Labute approximate surface area is 89.5 Å². The first kappa shape index (κ1) is 10.6. The summed E-state index contributed by atoms with van der Waals surface area (Å²) in [6.45, 7) is 2.77. The quantitative estimate of drug-likeness (QED) is 0.678. The van der Waals surface area contributed by atoms with Crippen LogP contribution in [0.2, 0.25) is 0 Å². The number of aryl methyl sites for hydroxylation is 1. The van der Waals surface area contributed by atoms with Crippen LogP contribution in [-0.4, -0.2) is 45.3 Å². The average molecular weight is 210 g/mol. The number of hydrogen-bond donors (Lipinski definition) is 2. The molecule has 0 amide bonds. The van der Waals surface area contributed by atoms with Crippen LogP contribution in [0.3, 0.4) is 0 Å². The van der Waals surface area contributed by atoms with Crippen LogP contribution in [0.15, 0.2) is 6.33 Å². The summed E-state index contributed by atoms with van der Waals surface area (Å²) >= 11 is 0. The van der Waals surface area contributed by atoms with E-state index in [-0.39, 0.29) is 0 Å². The molecule has 5 heteroatoms. The van der Waals surface area contributed by atoms with E-state index in [1.54, 1.807) is 0 Å². The zero-order valence-corrected chi connectivity index (χ0v) is 9.06. The Balaban J connectivity index is 2.00. The van der Waals surface area contributed by atoms with E-state index >= 15 is 0 Å². The molecule has 2 heterocycles. The molecule has 84 valence electrons. The average Bonchev–Trinajstić information content (AvgIpc) is 2.60. The molecule has 3 N–H and O–H groups in total. The minimum Gasteiger partial charge on any atom is -0.390 e. The third kappa shape index (κ3) is 2.19. The number of hydrogen-bond acceptors (Lipinski definition) is 4. The summed E-state index contributed by atoms with van der Waals surface area (Å²) in [6.07, 6.45) is 2.44. The maximum Gasteiger partial charge on any atom is 0.0949 e. The second-order valence-corrected chi connectivity index (χ2v) is 4.12. The van der Waals surface area contributed by atoms with Crippen molar-refractivity contribution >= 4 is 0 Å². The molecule has 1 unspecified atom stereocenters. The summed E-state index contributed by atoms with van der Waals surface area (Å²) in [5, 5.41) is 9.47. The molecule has 1 aliphatic heterocycles. The van der Waals surface area contributed by atoms with Gasteiger partial charge in [-0.1, -0.05) is 0 Å². The number of rotatable bonds is 3. The number of fused-ring (bicyclic) bond motifs is 1. The molecule has 1 atom stereocenters. The number of nitrogens with zero attached hydrogens (tertiary/aromatic N) is 3. The number of aromatic nitrogens is 2. The van der Waals surface area contributed by atoms with Crippen LogP contribution in [-0.2, 0) is 20.0 Å². The molecule has 1 aliphatic rings. The molecule has 0 aliphatic carbocycles. The van der Waals surface area contributed by atoms with Gasteiger partial charge in [0.15, 0.2) is 0 Å². The lowest BCUT2D eigenvalue weighted by Crippen LogP contribution is -2.39. The Kier molecular flexibility index (Phi) is 3.04. The minimum absolute atomic E-state index is 0.325. The molecular weight excluding hydrogens is 192 g/mol. The predicted octanol–water partition coefficient (Wildman–Crippen LogP) is -0.902. The highest BCUT2D eigenvalue weighted by molar-refractivity contribution is 5.16. The zero-order chi connectivity index (χ0) is 10.8. The van der Waals surface area contributed by atoms with Gasteiger partial charge in [0.05, 0.1) is 18.1 Å². The van der Waals surface area contributed by atoms with Gasteiger partial charge in [-0.3, -0.25) is 4.90 Å². The van der Waals surface area contributed by atoms with Gasteiger partial charge < -0.3 is 15.4 Å². The molecule has 0 saturated carbocycles. The van der Waals surface area contributed by atoms with Gasteiger partial charge in [0, 0.05) is 45.3 Å². The van der Waals surface area contributed by atoms with Gasteiger partial charge in [0.2, 0.25) is 0 Å². The number of aliphatic hydroxyl groups excluding tert-OH is 1. The first-order valence-electron chi connectivity index (χ1n) is 5.30. The molecule has 5 nitrogen and oxygen atoms in total. The third-order valence-electron chi connectivity index (χ3n) is 2.92. The van der Waals surface area contributed by atoms with Gasteiger partial charge in [0.25, 0.3) is 0 Å². The van der Waals surface area contributed by atoms with Crippen molar-refractivity contribution in [2.45, 2.75) is 19.1 Å². The summed E-state index contributed by atoms with van der Waals surface area (Å²) in [7, 11) is 2.02. The Hall–Kier alpha value is -0.910. The van der Waals surface area contributed by atoms with Crippen molar-refractivity contribution in [1.29, 1.82) is 0 Å². The van der Waals surface area contributed by atoms with E-state index in [9.17, 15) is 5.11 Å². The Bertz CT molecular complexity index is 336. The number of imidazole rings is 1. The van der Waals surface area contributed by atoms with E-state index in [0.29, 0.717) is 13.1 Å². The Morgan fingerprint density at radius 3 is 3.20 bits per heavy atom. The van der Waals surface area contributed by atoms with E-state index in [1.807, 2.05) is 13.4 Å². The second-order valence-electron chi connectivity index (χ2n) is 4.12. The highest BCUT2D eigenvalue weighted by Crippen LogP contribution is 2.16. The lowest BCUT2D eigenvalue weighted by atomic mass is 10.1. The summed E-state index contributed by atoms with van der Waals surface area (Å²) in [6, 6.07) is 0. The number of β-amino-alcohol motifs (C(OH)–C–C–N with tert-alkyl or cyclic N) is 1. The SMILES string of the molecule is Cn1cnc2c1CCN(CC(O)CN)C2. The van der Waals surface area contributed by atoms with Crippen LogP contribution in [0, 0.1) is 0 Å². The fraction of sp³-hybridized carbons (Fsp3) is 0.700. The van der Waals surface area contributed by atoms with Crippen LogP contribution in [0.4, 0.5) is 0 Å². The minimum atomic E-state index is -0.421. The van der Waals surface area contributed by atoms with E-state index in [1.165, 1.54) is 5.69 Å². The van der Waals surface area contributed by atoms with Gasteiger partial charge in [-0.2, -0.15) is 0 Å². The molecule has 2 rings (SSSR count). The van der Waals surface area contributed by atoms with Crippen LogP contribution in [0.5, 0.6) is 0 Å². The summed E-state index contributed by atoms with van der Waals surface area (Å²) < 4.78 is 2.08. The highest BCUT2D eigenvalue weighted by Gasteiger charge is 2.20. The zero-order valence-electron chi connectivity index (χ0n) is 9.06. The highest BCUT2D eigenvalue weighted by atomic mass is 16.3. The van der Waals surface area contributed by atoms with Crippen molar-refractivity contribution in [3.63, 3.8) is 0 Å². The predicted molar refractivity (Wildman–Crippen MR) is 57.3 cm³/mol. The molecule has 0 aromatic carbocycles. The lowest BCUT2D eigenvalue weighted by molar-refractivity contribution is 0.110. The van der Waals surface area contributed by atoms with Gasteiger partial charge in [-0.15, -0.1) is 0 Å².